The maximum Gasteiger partial charge on any atom is 0.230 e. The molecular weight excluding hydrogens is 280 g/mol. The van der Waals surface area contributed by atoms with Crippen molar-refractivity contribution in [2.45, 2.75) is 31.6 Å². The molecule has 8 nitrogen and oxygen atoms in total. The van der Waals surface area contributed by atoms with Crippen LogP contribution < -0.4 is 10.6 Å². The maximum atomic E-state index is 11.6. The minimum atomic E-state index is -0.0160. The molecule has 0 radical (unpaired) electrons. The summed E-state index contributed by atoms with van der Waals surface area (Å²) in [6.07, 6.45) is 0. The Balaban J connectivity index is 2.29. The van der Waals surface area contributed by atoms with Gasteiger partial charge in [0.05, 0.1) is 18.9 Å². The molecule has 0 bridgehead atoms. The number of amides is 1. The summed E-state index contributed by atoms with van der Waals surface area (Å²) in [4.78, 5) is 11.6. The molecule has 9 heteroatoms. The summed E-state index contributed by atoms with van der Waals surface area (Å²) in [5, 5.41) is 18.1. The average molecular weight is 302 g/mol. The van der Waals surface area contributed by atoms with Gasteiger partial charge in [-0.25, -0.2) is 4.68 Å². The summed E-state index contributed by atoms with van der Waals surface area (Å²) in [5.74, 6) is 0.299. The van der Waals surface area contributed by atoms with E-state index in [0.29, 0.717) is 24.1 Å². The average Bonchev–Trinajstić information content (AvgIpc) is 2.83. The molecule has 114 valence electrons. The second-order valence-electron chi connectivity index (χ2n) is 4.44. The topological polar surface area (TPSA) is 94.0 Å². The van der Waals surface area contributed by atoms with Crippen molar-refractivity contribution in [3.05, 3.63) is 0 Å². The molecule has 0 aliphatic heterocycles. The van der Waals surface area contributed by atoms with Crippen LogP contribution in [0.25, 0.3) is 0 Å². The highest BCUT2D eigenvalue weighted by molar-refractivity contribution is 7.99. The first-order valence-electron chi connectivity index (χ1n) is 6.51. The van der Waals surface area contributed by atoms with Gasteiger partial charge < -0.3 is 15.4 Å². The van der Waals surface area contributed by atoms with Crippen LogP contribution in [0.1, 0.15) is 13.8 Å². The van der Waals surface area contributed by atoms with Crippen LogP contribution in [-0.2, 0) is 16.1 Å². The summed E-state index contributed by atoms with van der Waals surface area (Å²) < 4.78 is 6.63. The molecule has 20 heavy (non-hydrogen) atoms. The van der Waals surface area contributed by atoms with Gasteiger partial charge >= 0.3 is 0 Å². The molecule has 0 fully saturated rings. The zero-order valence-corrected chi connectivity index (χ0v) is 12.9. The van der Waals surface area contributed by atoms with Gasteiger partial charge in [-0.2, -0.15) is 0 Å². The number of nitrogens with zero attached hydrogens (tertiary/aromatic N) is 4. The van der Waals surface area contributed by atoms with Gasteiger partial charge in [0.2, 0.25) is 11.1 Å². The lowest BCUT2D eigenvalue weighted by molar-refractivity contribution is -0.119. The lowest BCUT2D eigenvalue weighted by Gasteiger charge is -2.08. The Bertz CT molecular complexity index is 398. The normalized spacial score (nSPS) is 11.0. The molecule has 1 amide bonds. The first-order valence-corrected chi connectivity index (χ1v) is 7.50. The predicted molar refractivity (Wildman–Crippen MR) is 76.6 cm³/mol. The third-order valence-electron chi connectivity index (χ3n) is 2.26. The summed E-state index contributed by atoms with van der Waals surface area (Å²) in [6, 6.07) is 0.143. The number of ether oxygens (including phenoxy) is 1. The van der Waals surface area contributed by atoms with Gasteiger partial charge in [0, 0.05) is 26.2 Å². The third kappa shape index (κ3) is 6.83. The van der Waals surface area contributed by atoms with Gasteiger partial charge in [-0.3, -0.25) is 4.79 Å². The lowest BCUT2D eigenvalue weighted by atomic mass is 10.4. The first kappa shape index (κ1) is 16.9. The molecular formula is C11H22N6O2S. The van der Waals surface area contributed by atoms with Gasteiger partial charge in [0.15, 0.2) is 0 Å². The highest BCUT2D eigenvalue weighted by atomic mass is 32.2. The van der Waals surface area contributed by atoms with Crippen molar-refractivity contribution in [2.75, 3.05) is 32.6 Å². The number of carbonyl (C=O) groups excluding carboxylic acids is 1. The van der Waals surface area contributed by atoms with E-state index in [9.17, 15) is 4.79 Å². The summed E-state index contributed by atoms with van der Waals surface area (Å²) in [6.45, 7) is 6.73. The highest BCUT2D eigenvalue weighted by Crippen LogP contribution is 2.12. The monoisotopic (exact) mass is 302 g/mol. The molecule has 0 saturated heterocycles. The largest absolute Gasteiger partial charge is 0.383 e. The number of aromatic nitrogens is 4. The standard InChI is InChI=1S/C11H22N6O2S/c1-9(2)13-10(18)8-20-11-14-15-16-17(11)6-4-12-5-7-19-3/h9,12H,4-8H2,1-3H3,(H,13,18). The zero-order valence-electron chi connectivity index (χ0n) is 12.1. The Kier molecular flexibility index (Phi) is 8.16. The van der Waals surface area contributed by atoms with E-state index in [1.54, 1.807) is 11.8 Å². The maximum absolute atomic E-state index is 11.6. The van der Waals surface area contributed by atoms with E-state index in [1.807, 2.05) is 13.8 Å². The van der Waals surface area contributed by atoms with Crippen LogP contribution >= 0.6 is 11.8 Å². The van der Waals surface area contributed by atoms with Crippen LogP contribution in [0.4, 0.5) is 0 Å². The van der Waals surface area contributed by atoms with Crippen molar-refractivity contribution in [1.82, 2.24) is 30.8 Å². The number of carbonyl (C=O) groups is 1. The van der Waals surface area contributed by atoms with E-state index in [-0.39, 0.29) is 11.9 Å². The quantitative estimate of drug-likeness (QED) is 0.445. The molecule has 1 heterocycles. The van der Waals surface area contributed by atoms with Crippen LogP contribution in [0, 0.1) is 0 Å². The minimum Gasteiger partial charge on any atom is -0.383 e. The van der Waals surface area contributed by atoms with Gasteiger partial charge in [-0.05, 0) is 24.3 Å². The summed E-state index contributed by atoms with van der Waals surface area (Å²) in [5.41, 5.74) is 0. The van der Waals surface area contributed by atoms with E-state index in [0.717, 1.165) is 13.1 Å². The summed E-state index contributed by atoms with van der Waals surface area (Å²) >= 11 is 1.33. The number of rotatable bonds is 10. The SMILES string of the molecule is COCCNCCn1nnnc1SCC(=O)NC(C)C. The molecule has 0 unspecified atom stereocenters. The number of nitrogens with one attached hydrogen (secondary N) is 2. The molecule has 0 aliphatic rings. The van der Waals surface area contributed by atoms with E-state index in [4.69, 9.17) is 4.74 Å². The number of hydrogen-bond donors (Lipinski definition) is 2. The van der Waals surface area contributed by atoms with Crippen molar-refractivity contribution in [1.29, 1.82) is 0 Å². The van der Waals surface area contributed by atoms with Gasteiger partial charge in [-0.15, -0.1) is 5.10 Å². The zero-order chi connectivity index (χ0) is 14.8. The van der Waals surface area contributed by atoms with Crippen LogP contribution in [0.15, 0.2) is 5.16 Å². The molecule has 0 spiro atoms. The second-order valence-corrected chi connectivity index (χ2v) is 5.38. The first-order chi connectivity index (χ1) is 9.63. The smallest absolute Gasteiger partial charge is 0.230 e. The van der Waals surface area contributed by atoms with Crippen LogP contribution in [0.3, 0.4) is 0 Å². The number of hydrogen-bond acceptors (Lipinski definition) is 7. The molecule has 1 aromatic rings. The Morgan fingerprint density at radius 2 is 2.25 bits per heavy atom. The fraction of sp³-hybridized carbons (Fsp3) is 0.818. The lowest BCUT2D eigenvalue weighted by Crippen LogP contribution is -2.31. The predicted octanol–water partition coefficient (Wildman–Crippen LogP) is -0.474. The van der Waals surface area contributed by atoms with Crippen LogP contribution in [0.5, 0.6) is 0 Å². The highest BCUT2D eigenvalue weighted by Gasteiger charge is 2.10. The molecule has 0 aliphatic carbocycles. The van der Waals surface area contributed by atoms with Crippen LogP contribution in [-0.4, -0.2) is 64.7 Å². The molecule has 1 rings (SSSR count). The molecule has 0 saturated carbocycles. The minimum absolute atomic E-state index is 0.0160. The number of tetrazole rings is 1. The second kappa shape index (κ2) is 9.67. The van der Waals surface area contributed by atoms with Gasteiger partial charge in [-0.1, -0.05) is 11.8 Å². The Hall–Kier alpha value is -1.19. The van der Waals surface area contributed by atoms with E-state index in [1.165, 1.54) is 11.8 Å². The van der Waals surface area contributed by atoms with Crippen molar-refractivity contribution in [3.63, 3.8) is 0 Å². The van der Waals surface area contributed by atoms with Crippen molar-refractivity contribution < 1.29 is 9.53 Å². The van der Waals surface area contributed by atoms with Crippen molar-refractivity contribution >= 4 is 17.7 Å². The number of methoxy groups -OCH3 is 1. The van der Waals surface area contributed by atoms with Crippen LogP contribution in [0.2, 0.25) is 0 Å². The summed E-state index contributed by atoms with van der Waals surface area (Å²) in [7, 11) is 1.67. The number of thioether (sulfide) groups is 1. The van der Waals surface area contributed by atoms with E-state index in [2.05, 4.69) is 26.2 Å². The Labute approximate surface area is 123 Å². The fourth-order valence-corrected chi connectivity index (χ4v) is 2.13. The van der Waals surface area contributed by atoms with E-state index < -0.39 is 0 Å². The fourth-order valence-electron chi connectivity index (χ4n) is 1.42. The Morgan fingerprint density at radius 1 is 1.45 bits per heavy atom. The molecule has 1 aromatic heterocycles. The third-order valence-corrected chi connectivity index (χ3v) is 3.22. The Morgan fingerprint density at radius 3 is 2.95 bits per heavy atom. The molecule has 2 N–H and O–H groups in total. The van der Waals surface area contributed by atoms with E-state index >= 15 is 0 Å². The van der Waals surface area contributed by atoms with Crippen molar-refractivity contribution in [2.24, 2.45) is 0 Å². The van der Waals surface area contributed by atoms with Crippen molar-refractivity contribution in [3.8, 4) is 0 Å². The van der Waals surface area contributed by atoms with Gasteiger partial charge in [0.25, 0.3) is 0 Å². The molecule has 0 aromatic carbocycles. The van der Waals surface area contributed by atoms with Gasteiger partial charge in [0.1, 0.15) is 0 Å². The molecule has 0 atom stereocenters.